The lowest BCUT2D eigenvalue weighted by Gasteiger charge is -2.21. The second-order valence-electron chi connectivity index (χ2n) is 3.74. The van der Waals surface area contributed by atoms with Gasteiger partial charge in [0.05, 0.1) is 22.9 Å². The lowest BCUT2D eigenvalue weighted by molar-refractivity contribution is 0.0718. The molecule has 0 bridgehead atoms. The van der Waals surface area contributed by atoms with Crippen LogP contribution >= 0.6 is 11.6 Å². The highest BCUT2D eigenvalue weighted by molar-refractivity contribution is 6.36. The van der Waals surface area contributed by atoms with Crippen LogP contribution in [0.3, 0.4) is 0 Å². The molecule has 0 aliphatic rings. The number of benzene rings is 1. The zero-order valence-electron chi connectivity index (χ0n) is 10.4. The van der Waals surface area contributed by atoms with Crippen LogP contribution in [-0.4, -0.2) is 37.6 Å². The summed E-state index contributed by atoms with van der Waals surface area (Å²) in [6, 6.07) is 5.02. The maximum absolute atomic E-state index is 12.3. The molecule has 0 saturated carbocycles. The Kier molecular flexibility index (Phi) is 5.68. The van der Waals surface area contributed by atoms with E-state index in [0.717, 1.165) is 0 Å². The van der Waals surface area contributed by atoms with Crippen LogP contribution in [0.15, 0.2) is 30.9 Å². The monoisotopic (exact) mass is 268 g/mol. The van der Waals surface area contributed by atoms with Crippen molar-refractivity contribution in [3.8, 4) is 0 Å². The van der Waals surface area contributed by atoms with Crippen LogP contribution in [0, 0.1) is 0 Å². The summed E-state index contributed by atoms with van der Waals surface area (Å²) in [6.45, 7) is 5.01. The summed E-state index contributed by atoms with van der Waals surface area (Å²) in [4.78, 5) is 13.9. The molecule has 1 amide bonds. The van der Waals surface area contributed by atoms with E-state index in [-0.39, 0.29) is 10.9 Å². The van der Waals surface area contributed by atoms with Crippen molar-refractivity contribution in [1.82, 2.24) is 4.90 Å². The average molecular weight is 269 g/mol. The molecule has 98 valence electrons. The number of nitrogens with zero attached hydrogens (tertiary/aromatic N) is 1. The van der Waals surface area contributed by atoms with Crippen LogP contribution in [0.5, 0.6) is 0 Å². The quantitative estimate of drug-likeness (QED) is 0.636. The summed E-state index contributed by atoms with van der Waals surface area (Å²) in [6.07, 6.45) is 1.66. The van der Waals surface area contributed by atoms with Crippen LogP contribution < -0.4 is 5.73 Å². The van der Waals surface area contributed by atoms with Gasteiger partial charge in [-0.25, -0.2) is 0 Å². The van der Waals surface area contributed by atoms with Gasteiger partial charge in [0.1, 0.15) is 0 Å². The van der Waals surface area contributed by atoms with Crippen molar-refractivity contribution in [3.63, 3.8) is 0 Å². The predicted molar refractivity (Wildman–Crippen MR) is 73.8 cm³/mol. The van der Waals surface area contributed by atoms with Crippen molar-refractivity contribution < 1.29 is 9.53 Å². The van der Waals surface area contributed by atoms with E-state index >= 15 is 0 Å². The second kappa shape index (κ2) is 7.03. The Morgan fingerprint density at radius 3 is 2.94 bits per heavy atom. The largest absolute Gasteiger partial charge is 0.398 e. The van der Waals surface area contributed by atoms with Gasteiger partial charge in [-0.1, -0.05) is 23.7 Å². The number of carbonyl (C=O) groups excluding carboxylic acids is 1. The molecule has 0 aliphatic heterocycles. The van der Waals surface area contributed by atoms with Gasteiger partial charge in [0, 0.05) is 20.2 Å². The van der Waals surface area contributed by atoms with Gasteiger partial charge in [-0.15, -0.1) is 6.58 Å². The van der Waals surface area contributed by atoms with Gasteiger partial charge in [-0.2, -0.15) is 0 Å². The van der Waals surface area contributed by atoms with Crippen molar-refractivity contribution in [2.24, 2.45) is 0 Å². The maximum Gasteiger partial charge on any atom is 0.255 e. The Hall–Kier alpha value is -1.52. The number of amides is 1. The molecule has 18 heavy (non-hydrogen) atoms. The van der Waals surface area contributed by atoms with Crippen molar-refractivity contribution in [1.29, 1.82) is 0 Å². The number of rotatable bonds is 6. The first-order valence-electron chi connectivity index (χ1n) is 5.55. The van der Waals surface area contributed by atoms with Gasteiger partial charge in [-0.05, 0) is 12.1 Å². The van der Waals surface area contributed by atoms with Crippen molar-refractivity contribution in [2.45, 2.75) is 0 Å². The fourth-order valence-corrected chi connectivity index (χ4v) is 1.73. The summed E-state index contributed by atoms with van der Waals surface area (Å²) in [5.41, 5.74) is 6.48. The van der Waals surface area contributed by atoms with Crippen LogP contribution in [0.2, 0.25) is 5.02 Å². The summed E-state index contributed by atoms with van der Waals surface area (Å²) in [5, 5.41) is 0.286. The van der Waals surface area contributed by atoms with E-state index < -0.39 is 0 Å². The zero-order valence-corrected chi connectivity index (χ0v) is 11.1. The number of halogens is 1. The minimum Gasteiger partial charge on any atom is -0.398 e. The highest BCUT2D eigenvalue weighted by atomic mass is 35.5. The predicted octanol–water partition coefficient (Wildman–Crippen LogP) is 2.20. The normalized spacial score (nSPS) is 10.1. The number of nitrogens with two attached hydrogens (primary N) is 1. The van der Waals surface area contributed by atoms with Gasteiger partial charge in [0.15, 0.2) is 0 Å². The third kappa shape index (κ3) is 3.48. The first-order valence-corrected chi connectivity index (χ1v) is 5.92. The van der Waals surface area contributed by atoms with E-state index in [4.69, 9.17) is 22.1 Å². The molecule has 0 unspecified atom stereocenters. The summed E-state index contributed by atoms with van der Waals surface area (Å²) in [5.74, 6) is -0.177. The standard InChI is InChI=1S/C13H17ClN2O2/c1-3-7-16(8-9-18-2)13(17)10-5-4-6-11(15)12(10)14/h3-6H,1,7-9,15H2,2H3. The van der Waals surface area contributed by atoms with Gasteiger partial charge in [0.2, 0.25) is 0 Å². The number of hydrogen-bond donors (Lipinski definition) is 1. The molecule has 1 aromatic carbocycles. The molecule has 5 heteroatoms. The summed E-state index contributed by atoms with van der Waals surface area (Å²) >= 11 is 6.04. The van der Waals surface area contributed by atoms with Crippen LogP contribution in [-0.2, 0) is 4.74 Å². The summed E-state index contributed by atoms with van der Waals surface area (Å²) < 4.78 is 4.97. The number of carbonyl (C=O) groups is 1. The molecule has 0 aromatic heterocycles. The molecule has 2 N–H and O–H groups in total. The fourth-order valence-electron chi connectivity index (χ4n) is 1.52. The van der Waals surface area contributed by atoms with Gasteiger partial charge in [0.25, 0.3) is 5.91 Å². The summed E-state index contributed by atoms with van der Waals surface area (Å²) in [7, 11) is 1.59. The third-order valence-corrected chi connectivity index (χ3v) is 2.88. The second-order valence-corrected chi connectivity index (χ2v) is 4.12. The molecular formula is C13H17ClN2O2. The molecule has 0 spiro atoms. The van der Waals surface area contributed by atoms with Crippen LogP contribution in [0.25, 0.3) is 0 Å². The zero-order chi connectivity index (χ0) is 13.5. The van der Waals surface area contributed by atoms with E-state index in [2.05, 4.69) is 6.58 Å². The molecule has 0 radical (unpaired) electrons. The minimum absolute atomic E-state index is 0.177. The highest BCUT2D eigenvalue weighted by Crippen LogP contribution is 2.24. The van der Waals surface area contributed by atoms with E-state index in [9.17, 15) is 4.79 Å². The Balaban J connectivity index is 2.94. The number of methoxy groups -OCH3 is 1. The number of hydrogen-bond acceptors (Lipinski definition) is 3. The molecule has 1 aromatic rings. The molecule has 1 rings (SSSR count). The molecule has 4 nitrogen and oxygen atoms in total. The molecule has 0 atom stereocenters. The lowest BCUT2D eigenvalue weighted by Crippen LogP contribution is -2.34. The minimum atomic E-state index is -0.177. The average Bonchev–Trinajstić information content (AvgIpc) is 2.37. The Labute approximate surface area is 112 Å². The molecule has 0 heterocycles. The van der Waals surface area contributed by atoms with Gasteiger partial charge < -0.3 is 15.4 Å². The Bertz CT molecular complexity index is 435. The Morgan fingerprint density at radius 2 is 2.33 bits per heavy atom. The molecule has 0 fully saturated rings. The van der Waals surface area contributed by atoms with Crippen LogP contribution in [0.4, 0.5) is 5.69 Å². The number of ether oxygens (including phenoxy) is 1. The molecule has 0 saturated heterocycles. The maximum atomic E-state index is 12.3. The first-order chi connectivity index (χ1) is 8.61. The number of nitrogen functional groups attached to an aromatic ring is 1. The molecular weight excluding hydrogens is 252 g/mol. The topological polar surface area (TPSA) is 55.6 Å². The third-order valence-electron chi connectivity index (χ3n) is 2.46. The number of anilines is 1. The van der Waals surface area contributed by atoms with Gasteiger partial charge >= 0.3 is 0 Å². The van der Waals surface area contributed by atoms with E-state index in [1.165, 1.54) is 0 Å². The Morgan fingerprint density at radius 1 is 1.61 bits per heavy atom. The van der Waals surface area contributed by atoms with E-state index in [1.807, 2.05) is 0 Å². The fraction of sp³-hybridized carbons (Fsp3) is 0.308. The van der Waals surface area contributed by atoms with Crippen LogP contribution in [0.1, 0.15) is 10.4 Å². The van der Waals surface area contributed by atoms with E-state index in [0.29, 0.717) is 30.9 Å². The lowest BCUT2D eigenvalue weighted by atomic mass is 10.1. The van der Waals surface area contributed by atoms with Gasteiger partial charge in [-0.3, -0.25) is 4.79 Å². The smallest absolute Gasteiger partial charge is 0.255 e. The molecule has 0 aliphatic carbocycles. The first kappa shape index (κ1) is 14.5. The van der Waals surface area contributed by atoms with Crippen molar-refractivity contribution >= 4 is 23.2 Å². The van der Waals surface area contributed by atoms with E-state index in [1.54, 1.807) is 36.3 Å². The SMILES string of the molecule is C=CCN(CCOC)C(=O)c1cccc(N)c1Cl. The van der Waals surface area contributed by atoms with Crippen molar-refractivity contribution in [2.75, 3.05) is 32.5 Å². The van der Waals surface area contributed by atoms with Crippen molar-refractivity contribution in [3.05, 3.63) is 41.4 Å². The highest BCUT2D eigenvalue weighted by Gasteiger charge is 2.18.